The van der Waals surface area contributed by atoms with Crippen molar-refractivity contribution in [1.29, 1.82) is 0 Å². The van der Waals surface area contributed by atoms with Gasteiger partial charge in [0.05, 0.1) is 0 Å². The monoisotopic (exact) mass is 418 g/mol. The summed E-state index contributed by atoms with van der Waals surface area (Å²) in [6.07, 6.45) is 7.67. The van der Waals surface area contributed by atoms with Crippen LogP contribution in [0.2, 0.25) is 0 Å². The lowest BCUT2D eigenvalue weighted by molar-refractivity contribution is 0.660. The van der Waals surface area contributed by atoms with Crippen molar-refractivity contribution in [2.75, 3.05) is 0 Å². The molecule has 0 atom stereocenters. The van der Waals surface area contributed by atoms with Crippen LogP contribution in [-0.4, -0.2) is 0 Å². The fourth-order valence-corrected chi connectivity index (χ4v) is 3.29. The smallest absolute Gasteiger partial charge is 0.0158 e. The highest BCUT2D eigenvalue weighted by Crippen LogP contribution is 2.47. The molecule has 0 N–H and O–H groups in total. The molecule has 0 amide bonds. The van der Waals surface area contributed by atoms with Crippen LogP contribution in [0.4, 0.5) is 0 Å². The summed E-state index contributed by atoms with van der Waals surface area (Å²) in [7, 11) is 0. The Hall–Kier alpha value is -2.60. The first-order valence-corrected chi connectivity index (χ1v) is 11.7. The maximum atomic E-state index is 3.86. The maximum Gasteiger partial charge on any atom is 0.0158 e. The van der Waals surface area contributed by atoms with Crippen LogP contribution in [0.5, 0.6) is 0 Å². The molecular weight excluding hydrogens is 372 g/mol. The van der Waals surface area contributed by atoms with Crippen LogP contribution >= 0.6 is 0 Å². The van der Waals surface area contributed by atoms with Crippen LogP contribution in [0.15, 0.2) is 97.1 Å². The van der Waals surface area contributed by atoms with E-state index in [2.05, 4.69) is 75.5 Å². The Morgan fingerprint density at radius 3 is 1.52 bits per heavy atom. The van der Waals surface area contributed by atoms with E-state index in [1.807, 2.05) is 73.6 Å². The Morgan fingerprint density at radius 2 is 1.16 bits per heavy atom. The van der Waals surface area contributed by atoms with Gasteiger partial charge >= 0.3 is 0 Å². The van der Waals surface area contributed by atoms with Crippen molar-refractivity contribution in [1.82, 2.24) is 0 Å². The van der Waals surface area contributed by atoms with Gasteiger partial charge in [0.2, 0.25) is 0 Å². The first kappa shape index (κ1) is 30.6. The number of benzene rings is 2. The summed E-state index contributed by atoms with van der Waals surface area (Å²) in [4.78, 5) is 0. The Morgan fingerprint density at radius 1 is 0.774 bits per heavy atom. The van der Waals surface area contributed by atoms with Gasteiger partial charge in [0, 0.05) is 5.41 Å². The van der Waals surface area contributed by atoms with Crippen LogP contribution in [0.3, 0.4) is 0 Å². The molecule has 0 heterocycles. The molecule has 0 aliphatic heterocycles. The van der Waals surface area contributed by atoms with E-state index < -0.39 is 0 Å². The highest BCUT2D eigenvalue weighted by molar-refractivity contribution is 5.80. The molecule has 0 spiro atoms. The van der Waals surface area contributed by atoms with Gasteiger partial charge in [-0.25, -0.2) is 0 Å². The topological polar surface area (TPSA) is 0 Å². The Kier molecular flexibility index (Phi) is 16.9. The number of hydrogen-bond acceptors (Lipinski definition) is 0. The summed E-state index contributed by atoms with van der Waals surface area (Å²) < 4.78 is 0. The summed E-state index contributed by atoms with van der Waals surface area (Å²) in [5.74, 6) is 0. The minimum Gasteiger partial charge on any atom is -0.0991 e. The van der Waals surface area contributed by atoms with Gasteiger partial charge in [-0.15, -0.1) is 0 Å². The molecular formula is C31H46. The van der Waals surface area contributed by atoms with Gasteiger partial charge in [-0.3, -0.25) is 0 Å². The second-order valence-electron chi connectivity index (χ2n) is 6.83. The van der Waals surface area contributed by atoms with Gasteiger partial charge in [-0.05, 0) is 47.2 Å². The molecule has 2 aromatic carbocycles. The normalized spacial score (nSPS) is 12.1. The highest BCUT2D eigenvalue weighted by Gasteiger charge is 2.34. The van der Waals surface area contributed by atoms with Gasteiger partial charge in [-0.1, -0.05) is 141 Å². The zero-order valence-corrected chi connectivity index (χ0v) is 21.8. The summed E-state index contributed by atoms with van der Waals surface area (Å²) in [5.41, 5.74) is 8.07. The molecule has 0 saturated heterocycles. The van der Waals surface area contributed by atoms with Crippen LogP contribution in [0.25, 0.3) is 11.1 Å². The number of hydrogen-bond donors (Lipinski definition) is 0. The standard InChI is InChI=1S/C15H14.C10H14.3C2H6/c1-15(2)13-9-5-3-7-11(13)12-8-4-6-10-14(12)15;1-5-7-9(3)10(4)8-6-2;3*1-2/h3-10H,1-2H3;5-8H,1,4H2,2-3H3;3*1-2H3/b;8-6-,9-7+;;;. The van der Waals surface area contributed by atoms with Crippen molar-refractivity contribution >= 4 is 0 Å². The first-order chi connectivity index (χ1) is 14.9. The van der Waals surface area contributed by atoms with E-state index in [4.69, 9.17) is 0 Å². The molecule has 0 radical (unpaired) electrons. The van der Waals surface area contributed by atoms with Crippen molar-refractivity contribution in [3.8, 4) is 11.1 Å². The molecule has 1 aliphatic rings. The SMILES string of the molecule is C=C/C=C(\C)C(=C)/C=C\C.CC.CC.CC.CC1(C)c2ccccc2-c2ccccc21. The number of allylic oxidation sites excluding steroid dienone is 6. The van der Waals surface area contributed by atoms with Gasteiger partial charge < -0.3 is 0 Å². The summed E-state index contributed by atoms with van der Waals surface area (Å²) >= 11 is 0. The lowest BCUT2D eigenvalue weighted by atomic mass is 9.82. The average molecular weight is 419 g/mol. The number of fused-ring (bicyclic) bond motifs is 3. The molecule has 0 nitrogen and oxygen atoms in total. The van der Waals surface area contributed by atoms with E-state index in [-0.39, 0.29) is 5.41 Å². The van der Waals surface area contributed by atoms with Crippen molar-refractivity contribution in [2.24, 2.45) is 0 Å². The molecule has 0 aromatic heterocycles. The fraction of sp³-hybridized carbons (Fsp3) is 0.355. The Bertz CT molecular complexity index is 781. The first-order valence-electron chi connectivity index (χ1n) is 11.7. The molecule has 0 unspecified atom stereocenters. The van der Waals surface area contributed by atoms with E-state index in [0.717, 1.165) is 11.1 Å². The summed E-state index contributed by atoms with van der Waals surface area (Å²) in [5, 5.41) is 0. The van der Waals surface area contributed by atoms with Crippen molar-refractivity contribution in [3.63, 3.8) is 0 Å². The molecule has 2 aromatic rings. The second kappa shape index (κ2) is 17.1. The predicted octanol–water partition coefficient (Wildman–Crippen LogP) is 10.3. The molecule has 31 heavy (non-hydrogen) atoms. The van der Waals surface area contributed by atoms with Gasteiger partial charge in [0.1, 0.15) is 0 Å². The van der Waals surface area contributed by atoms with Crippen molar-refractivity contribution < 1.29 is 0 Å². The minimum atomic E-state index is 0.160. The number of rotatable bonds is 3. The van der Waals surface area contributed by atoms with Crippen LogP contribution in [-0.2, 0) is 5.41 Å². The summed E-state index contributed by atoms with van der Waals surface area (Å²) in [6, 6.07) is 17.4. The van der Waals surface area contributed by atoms with Crippen molar-refractivity contribution in [2.45, 2.75) is 74.7 Å². The minimum absolute atomic E-state index is 0.160. The van der Waals surface area contributed by atoms with Gasteiger partial charge in [-0.2, -0.15) is 0 Å². The zero-order valence-electron chi connectivity index (χ0n) is 21.8. The zero-order chi connectivity index (χ0) is 24.4. The second-order valence-corrected chi connectivity index (χ2v) is 6.83. The molecule has 170 valence electrons. The lowest BCUT2D eigenvalue weighted by Crippen LogP contribution is -2.14. The van der Waals surface area contributed by atoms with E-state index in [0.29, 0.717) is 0 Å². The predicted molar refractivity (Wildman–Crippen MR) is 146 cm³/mol. The van der Waals surface area contributed by atoms with E-state index >= 15 is 0 Å². The van der Waals surface area contributed by atoms with Crippen LogP contribution in [0.1, 0.15) is 80.4 Å². The molecule has 0 fully saturated rings. The summed E-state index contributed by atoms with van der Waals surface area (Å²) in [6.45, 7) is 28.1. The lowest BCUT2D eigenvalue weighted by Gasteiger charge is -2.20. The fourth-order valence-electron chi connectivity index (χ4n) is 3.29. The van der Waals surface area contributed by atoms with Crippen molar-refractivity contribution in [3.05, 3.63) is 108 Å². The van der Waals surface area contributed by atoms with Gasteiger partial charge in [0.15, 0.2) is 0 Å². The van der Waals surface area contributed by atoms with Crippen LogP contribution in [0, 0.1) is 0 Å². The van der Waals surface area contributed by atoms with E-state index in [1.165, 1.54) is 22.3 Å². The third kappa shape index (κ3) is 8.58. The van der Waals surface area contributed by atoms with Gasteiger partial charge in [0.25, 0.3) is 0 Å². The van der Waals surface area contributed by atoms with E-state index in [9.17, 15) is 0 Å². The molecule has 3 rings (SSSR count). The third-order valence-corrected chi connectivity index (χ3v) is 4.73. The molecule has 0 saturated carbocycles. The Balaban J connectivity index is 0. The molecule has 1 aliphatic carbocycles. The largest absolute Gasteiger partial charge is 0.0991 e. The maximum absolute atomic E-state index is 3.86. The average Bonchev–Trinajstić information content (AvgIpc) is 3.06. The van der Waals surface area contributed by atoms with Crippen LogP contribution < -0.4 is 0 Å². The Labute approximate surface area is 194 Å². The highest BCUT2D eigenvalue weighted by atomic mass is 14.4. The quantitative estimate of drug-likeness (QED) is 0.435. The molecule has 0 heteroatoms. The molecule has 0 bridgehead atoms. The van der Waals surface area contributed by atoms with E-state index in [1.54, 1.807) is 6.08 Å². The third-order valence-electron chi connectivity index (χ3n) is 4.73.